The average molecular weight is 1370 g/mol. The summed E-state index contributed by atoms with van der Waals surface area (Å²) in [6.45, 7) is 3.35. The largest absolute Gasteiger partial charge is 0.394 e. The Bertz CT molecular complexity index is 3150. The fourth-order valence-corrected chi connectivity index (χ4v) is 11.9. The van der Waals surface area contributed by atoms with Crippen LogP contribution in [0.5, 0.6) is 0 Å². The third-order valence-corrected chi connectivity index (χ3v) is 17.9. The highest BCUT2D eigenvalue weighted by Gasteiger charge is 2.53. The predicted molar refractivity (Wildman–Crippen MR) is 330 cm³/mol. The normalized spacial score (nSPS) is 24.5. The summed E-state index contributed by atoms with van der Waals surface area (Å²) in [5.41, 5.74) is 22.9. The lowest BCUT2D eigenvalue weighted by atomic mass is 9.96. The van der Waals surface area contributed by atoms with Crippen molar-refractivity contribution in [1.82, 2.24) is 61.8 Å². The fraction of sp³-hybridized carbons (Fsp3) is 0.630. The molecule has 2 aliphatic rings. The summed E-state index contributed by atoms with van der Waals surface area (Å²) in [4.78, 5) is 119. The summed E-state index contributed by atoms with van der Waals surface area (Å²) in [6, 6.07) is -7.74. The van der Waals surface area contributed by atoms with Crippen LogP contribution >= 0.6 is 22.7 Å². The number of hydrogen-bond donors (Lipinski definition) is 20. The van der Waals surface area contributed by atoms with Gasteiger partial charge in [-0.3, -0.25) is 33.6 Å². The summed E-state index contributed by atoms with van der Waals surface area (Å²) in [5.74, 6) is -7.54. The van der Waals surface area contributed by atoms with Crippen LogP contribution in [0.2, 0.25) is 0 Å². The zero-order valence-corrected chi connectivity index (χ0v) is 53.9. The Morgan fingerprint density at radius 3 is 2.09 bits per heavy atom. The number of H-pyrrole nitrogens is 1. The Morgan fingerprint density at radius 1 is 0.785 bits per heavy atom. The fourth-order valence-electron chi connectivity index (χ4n) is 9.54. The van der Waals surface area contributed by atoms with Gasteiger partial charge in [-0.1, -0.05) is 6.92 Å². The Labute approximate surface area is 543 Å². The van der Waals surface area contributed by atoms with Crippen molar-refractivity contribution in [3.8, 4) is 10.7 Å². The van der Waals surface area contributed by atoms with E-state index in [9.17, 15) is 74.7 Å². The van der Waals surface area contributed by atoms with Gasteiger partial charge in [0.05, 0.1) is 85.2 Å². The van der Waals surface area contributed by atoms with Crippen molar-refractivity contribution in [3.05, 3.63) is 56.8 Å². The van der Waals surface area contributed by atoms with Gasteiger partial charge in [0.25, 0.3) is 11.8 Å². The van der Waals surface area contributed by atoms with Gasteiger partial charge >= 0.3 is 0 Å². The van der Waals surface area contributed by atoms with Gasteiger partial charge in [0.15, 0.2) is 12.6 Å². The minimum atomic E-state index is -2.14. The molecule has 19 atom stereocenters. The SMILES string of the molecule is Cc1c(N)nc([C@H](CC(N)=O)NC[C@H](N)C(N)=O)nc1C(=O)N[C@H](C(=O)N[C@H](C)[C@@H](O)[C@H](C)C(=O)N[C@H](C(=O)NCCc1nc(-c2nc(C(=O)NCCC[S+](C)C)cs2)cs1)[C@@H](C)O)[C@@H](O[C@@H]1O[C@@H](CO)[C@@H](O)[C@H](O)[C@@H]1O[C@@H]1O[C@H](CO)[C@@H](O)[C@H](O)[C@@H]1O)c1cnc[nH]1. The summed E-state index contributed by atoms with van der Waals surface area (Å²) in [7, 11) is 0.259. The molecule has 0 spiro atoms. The van der Waals surface area contributed by atoms with Crippen molar-refractivity contribution in [1.29, 1.82) is 0 Å². The Morgan fingerprint density at radius 2 is 1.46 bits per heavy atom. The molecule has 4 aromatic heterocycles. The Balaban J connectivity index is 1.24. The molecule has 7 amide bonds. The van der Waals surface area contributed by atoms with Crippen molar-refractivity contribution in [2.24, 2.45) is 23.1 Å². The predicted octanol–water partition coefficient (Wildman–Crippen LogP) is -7.81. The van der Waals surface area contributed by atoms with E-state index in [0.29, 0.717) is 22.3 Å². The first-order valence-corrected chi connectivity index (χ1v) is 33.1. The van der Waals surface area contributed by atoms with Gasteiger partial charge in [-0.25, -0.2) is 24.9 Å². The van der Waals surface area contributed by atoms with E-state index in [2.05, 4.69) is 74.3 Å². The van der Waals surface area contributed by atoms with Crippen LogP contribution in [0.15, 0.2) is 23.3 Å². The number of primary amides is 2. The van der Waals surface area contributed by atoms with E-state index >= 15 is 4.79 Å². The first-order valence-electron chi connectivity index (χ1n) is 29.2. The molecule has 516 valence electrons. The third kappa shape index (κ3) is 20.0. The van der Waals surface area contributed by atoms with Crippen LogP contribution in [0.4, 0.5) is 5.82 Å². The molecule has 0 bridgehead atoms. The number of thiazole rings is 2. The highest BCUT2D eigenvalue weighted by atomic mass is 32.2. The van der Waals surface area contributed by atoms with Crippen LogP contribution in [0.1, 0.15) is 88.8 Å². The van der Waals surface area contributed by atoms with Crippen molar-refractivity contribution in [3.63, 3.8) is 0 Å². The number of aromatic nitrogens is 6. The second-order valence-electron chi connectivity index (χ2n) is 22.4. The van der Waals surface area contributed by atoms with Crippen LogP contribution in [0, 0.1) is 12.8 Å². The Kier molecular flexibility index (Phi) is 28.1. The van der Waals surface area contributed by atoms with Crippen LogP contribution < -0.4 is 54.8 Å². The van der Waals surface area contributed by atoms with E-state index in [1.54, 1.807) is 10.8 Å². The number of aliphatic hydroxyl groups excluding tert-OH is 9. The average Bonchev–Trinajstić information content (AvgIpc) is 1.18. The van der Waals surface area contributed by atoms with Crippen molar-refractivity contribution in [2.45, 2.75) is 157 Å². The molecule has 39 heteroatoms. The molecule has 0 aliphatic carbocycles. The molecule has 0 aromatic carbocycles. The van der Waals surface area contributed by atoms with Crippen LogP contribution in [-0.2, 0) is 60.2 Å². The molecule has 2 saturated heterocycles. The van der Waals surface area contributed by atoms with Crippen LogP contribution in [0.3, 0.4) is 0 Å². The second kappa shape index (κ2) is 34.7. The molecule has 6 rings (SSSR count). The van der Waals surface area contributed by atoms with Gasteiger partial charge in [0.1, 0.15) is 107 Å². The second-order valence-corrected chi connectivity index (χ2v) is 26.6. The minimum absolute atomic E-state index is 0.00482. The summed E-state index contributed by atoms with van der Waals surface area (Å²) in [5, 5.41) is 118. The summed E-state index contributed by atoms with van der Waals surface area (Å²) >= 11 is 2.54. The number of nitrogen functional groups attached to an aromatic ring is 1. The first-order chi connectivity index (χ1) is 44.0. The monoisotopic (exact) mass is 1370 g/mol. The lowest BCUT2D eigenvalue weighted by Gasteiger charge is -2.46. The Hall–Kier alpha value is -6.61. The molecule has 2 fully saturated rings. The molecule has 36 nitrogen and oxygen atoms in total. The summed E-state index contributed by atoms with van der Waals surface area (Å²) < 4.78 is 23.7. The number of imidazole rings is 1. The molecule has 4 aromatic rings. The van der Waals surface area contributed by atoms with Gasteiger partial charge in [-0.15, -0.1) is 22.7 Å². The van der Waals surface area contributed by atoms with Gasteiger partial charge in [-0.05, 0) is 31.7 Å². The number of carbonyl (C=O) groups is 7. The van der Waals surface area contributed by atoms with E-state index in [4.69, 9.17) is 41.9 Å². The molecule has 0 radical (unpaired) electrons. The number of anilines is 1. The lowest BCUT2D eigenvalue weighted by molar-refractivity contribution is -0.372. The van der Waals surface area contributed by atoms with Crippen molar-refractivity contribution >= 4 is 80.7 Å². The first kappa shape index (κ1) is 75.4. The van der Waals surface area contributed by atoms with Gasteiger partial charge in [-0.2, -0.15) is 0 Å². The van der Waals surface area contributed by atoms with Crippen LogP contribution in [-0.4, -0.2) is 266 Å². The maximum atomic E-state index is 15.1. The number of amides is 7. The van der Waals surface area contributed by atoms with E-state index in [0.717, 1.165) is 24.7 Å². The molecular formula is C54H83N16O20S3+. The number of carbonyl (C=O) groups excluding carboxylic acids is 7. The maximum absolute atomic E-state index is 15.1. The molecule has 0 saturated carbocycles. The van der Waals surface area contributed by atoms with Crippen molar-refractivity contribution in [2.75, 3.05) is 56.8 Å². The van der Waals surface area contributed by atoms with Crippen molar-refractivity contribution < 1.29 is 98.5 Å². The smallest absolute Gasteiger partial charge is 0.271 e. The van der Waals surface area contributed by atoms with E-state index in [1.165, 1.54) is 50.4 Å². The molecule has 0 unspecified atom stereocenters. The molecule has 93 heavy (non-hydrogen) atoms. The quantitative estimate of drug-likeness (QED) is 0.0153. The van der Waals surface area contributed by atoms with Crippen LogP contribution in [0.25, 0.3) is 10.7 Å². The highest BCUT2D eigenvalue weighted by Crippen LogP contribution is 2.34. The number of aliphatic hydroxyl groups is 9. The van der Waals surface area contributed by atoms with Gasteiger partial charge < -0.3 is 125 Å². The van der Waals surface area contributed by atoms with Gasteiger partial charge in [0, 0.05) is 55.2 Å². The topological polar surface area (TPSA) is 595 Å². The van der Waals surface area contributed by atoms with Gasteiger partial charge in [0.2, 0.25) is 29.5 Å². The van der Waals surface area contributed by atoms with E-state index in [-0.39, 0.29) is 64.9 Å². The molecule has 2 aliphatic heterocycles. The highest BCUT2D eigenvalue weighted by molar-refractivity contribution is 7.95. The number of ether oxygens (including phenoxy) is 4. The number of hydrogen-bond acceptors (Lipinski definition) is 30. The molecular weight excluding hydrogens is 1290 g/mol. The number of nitrogens with one attached hydrogen (secondary N) is 7. The standard InChI is InChI=1S/C54H82N16O20S3/c1-20-33(67-46(70-44(20)57)25(12-31(56)74)62-13-24(55)45(58)81)50(85)69-35(42(26-14-59-19-63-26)89-54-43(40(79)38(77)30(16-72)88-54)90-53-41(80)39(78)37(76)29(15-71)87-53)51(86)64-22(3)36(75)21(2)47(82)68-34(23(4)73)49(84)61-10-8-32-65-28(18-91-32)52-66-27(17-92-52)48(83)60-9-7-11-93(5)6/h14,17-19,21-25,29-30,34-43,53-54,62,71-73,75-80H,7-13,15-16,55H2,1-6H3,(H11-,56,57,58,59,60,61,63,64,67,68,69,70,74,81,82,83,84,85,86)/p+1/t21-,22+,23+,24-,25-,29+,30-,34-,35-,36-,37+,38+,39-,40-,41-,42-,43-,53-,54-/m0/s1. The third-order valence-electron chi connectivity index (χ3n) is 15.1. The van der Waals surface area contributed by atoms with E-state index in [1.807, 2.05) is 0 Å². The zero-order valence-electron chi connectivity index (χ0n) is 51.4. The number of rotatable bonds is 34. The number of nitrogens with zero attached hydrogens (tertiary/aromatic N) is 5. The van der Waals surface area contributed by atoms with E-state index < -0.39 is 177 Å². The molecule has 24 N–H and O–H groups in total. The minimum Gasteiger partial charge on any atom is -0.394 e. The number of nitrogens with two attached hydrogens (primary N) is 4. The number of aromatic amines is 1. The summed E-state index contributed by atoms with van der Waals surface area (Å²) in [6.07, 6.45) is -17.8. The maximum Gasteiger partial charge on any atom is 0.271 e. The molecule has 6 heterocycles. The zero-order chi connectivity index (χ0) is 68.7. The lowest BCUT2D eigenvalue weighted by Crippen LogP contribution is -2.65.